The van der Waals surface area contributed by atoms with Crippen molar-refractivity contribution in [3.8, 4) is 17.1 Å². The number of hydrogen-bond donors (Lipinski definition) is 1. The molecule has 3 rings (SSSR count). The second-order valence-electron chi connectivity index (χ2n) is 6.40. The molecule has 0 aliphatic rings. The van der Waals surface area contributed by atoms with Gasteiger partial charge in [0.25, 0.3) is 0 Å². The number of carbonyl (C=O) groups is 1. The Bertz CT molecular complexity index is 962. The van der Waals surface area contributed by atoms with Gasteiger partial charge in [-0.2, -0.15) is 19.7 Å². The first kappa shape index (κ1) is 17.5. The van der Waals surface area contributed by atoms with Gasteiger partial charge >= 0.3 is 6.09 Å². The van der Waals surface area contributed by atoms with E-state index in [0.29, 0.717) is 29.0 Å². The molecule has 0 amide bonds. The van der Waals surface area contributed by atoms with Crippen LogP contribution in [0.1, 0.15) is 27.7 Å². The van der Waals surface area contributed by atoms with Crippen molar-refractivity contribution >= 4 is 23.2 Å². The number of fused-ring (bicyclic) bond motifs is 1. The quantitative estimate of drug-likeness (QED) is 0.748. The highest BCUT2D eigenvalue weighted by molar-refractivity contribution is 5.79. The van der Waals surface area contributed by atoms with Gasteiger partial charge in [-0.1, -0.05) is 0 Å². The fourth-order valence-corrected chi connectivity index (χ4v) is 2.14. The molecule has 0 bridgehead atoms. The van der Waals surface area contributed by atoms with Crippen LogP contribution in [0, 0.1) is 0 Å². The number of nitrogen functional groups attached to an aromatic ring is 1. The molecule has 0 fully saturated rings. The zero-order chi connectivity index (χ0) is 18.9. The molecular formula is C16H19N7O3. The molecule has 0 saturated heterocycles. The molecule has 2 N–H and O–H groups in total. The normalized spacial score (nSPS) is 11.5. The van der Waals surface area contributed by atoms with Crippen LogP contribution in [-0.4, -0.2) is 48.0 Å². The first-order chi connectivity index (χ1) is 12.3. The highest BCUT2D eigenvalue weighted by Crippen LogP contribution is 2.24. The highest BCUT2D eigenvalue weighted by Gasteiger charge is 2.19. The van der Waals surface area contributed by atoms with Crippen molar-refractivity contribution in [1.82, 2.24) is 29.7 Å². The van der Waals surface area contributed by atoms with Crippen LogP contribution >= 0.6 is 0 Å². The summed E-state index contributed by atoms with van der Waals surface area (Å²) >= 11 is 0. The molecule has 3 aromatic heterocycles. The van der Waals surface area contributed by atoms with Gasteiger partial charge in [0.15, 0.2) is 11.2 Å². The van der Waals surface area contributed by atoms with Gasteiger partial charge in [0.1, 0.15) is 5.60 Å². The lowest BCUT2D eigenvalue weighted by Crippen LogP contribution is -2.27. The molecular weight excluding hydrogens is 338 g/mol. The summed E-state index contributed by atoms with van der Waals surface area (Å²) in [5.41, 5.74) is 6.82. The van der Waals surface area contributed by atoms with E-state index in [1.165, 1.54) is 18.6 Å². The second-order valence-corrected chi connectivity index (χ2v) is 6.40. The highest BCUT2D eigenvalue weighted by atomic mass is 16.6. The lowest BCUT2D eigenvalue weighted by molar-refractivity contribution is 0.0514. The summed E-state index contributed by atoms with van der Waals surface area (Å²) in [5.74, 6) is 0.310. The summed E-state index contributed by atoms with van der Waals surface area (Å²) < 4.78 is 11.8. The number of nitrogens with zero attached hydrogens (tertiary/aromatic N) is 6. The van der Waals surface area contributed by atoms with Crippen LogP contribution in [0.2, 0.25) is 0 Å². The van der Waals surface area contributed by atoms with Gasteiger partial charge in [0.05, 0.1) is 24.7 Å². The first-order valence-corrected chi connectivity index (χ1v) is 7.98. The van der Waals surface area contributed by atoms with Crippen LogP contribution in [-0.2, 0) is 4.74 Å². The smallest absolute Gasteiger partial charge is 0.435 e. The van der Waals surface area contributed by atoms with Crippen molar-refractivity contribution in [2.45, 2.75) is 33.3 Å². The van der Waals surface area contributed by atoms with Crippen LogP contribution in [0.5, 0.6) is 5.88 Å². The molecule has 3 aromatic rings. The van der Waals surface area contributed by atoms with Crippen molar-refractivity contribution in [3.63, 3.8) is 0 Å². The van der Waals surface area contributed by atoms with Crippen LogP contribution in [0.3, 0.4) is 0 Å². The molecule has 136 valence electrons. The van der Waals surface area contributed by atoms with E-state index < -0.39 is 11.7 Å². The van der Waals surface area contributed by atoms with Crippen molar-refractivity contribution in [2.75, 3.05) is 12.3 Å². The van der Waals surface area contributed by atoms with Gasteiger partial charge in [-0.25, -0.2) is 14.8 Å². The Morgan fingerprint density at radius 2 is 2.00 bits per heavy atom. The Labute approximate surface area is 149 Å². The van der Waals surface area contributed by atoms with Crippen molar-refractivity contribution < 1.29 is 14.3 Å². The van der Waals surface area contributed by atoms with E-state index in [1.807, 2.05) is 6.92 Å². The molecule has 10 nitrogen and oxygen atoms in total. The fourth-order valence-electron chi connectivity index (χ4n) is 2.14. The fraction of sp³-hybridized carbons (Fsp3) is 0.375. The Morgan fingerprint density at radius 1 is 1.23 bits per heavy atom. The molecule has 0 radical (unpaired) electrons. The van der Waals surface area contributed by atoms with Gasteiger partial charge in [-0.15, -0.1) is 0 Å². The zero-order valence-electron chi connectivity index (χ0n) is 14.9. The maximum atomic E-state index is 12.1. The number of hydrogen-bond acceptors (Lipinski definition) is 9. The number of nitrogens with two attached hydrogens (primary N) is 1. The summed E-state index contributed by atoms with van der Waals surface area (Å²) in [6.45, 7) is 7.57. The Kier molecular flexibility index (Phi) is 4.41. The molecule has 26 heavy (non-hydrogen) atoms. The van der Waals surface area contributed by atoms with E-state index in [-0.39, 0.29) is 11.8 Å². The molecule has 0 unspecified atom stereocenters. The van der Waals surface area contributed by atoms with Crippen molar-refractivity contribution in [2.24, 2.45) is 0 Å². The molecule has 0 saturated carbocycles. The van der Waals surface area contributed by atoms with Gasteiger partial charge in [0, 0.05) is 11.8 Å². The van der Waals surface area contributed by atoms with Crippen molar-refractivity contribution in [3.05, 3.63) is 18.6 Å². The van der Waals surface area contributed by atoms with Gasteiger partial charge < -0.3 is 15.2 Å². The average molecular weight is 357 g/mol. The number of carbonyl (C=O) groups excluding carboxylic acids is 1. The predicted octanol–water partition coefficient (Wildman–Crippen LogP) is 2.05. The van der Waals surface area contributed by atoms with E-state index in [2.05, 4.69) is 25.0 Å². The molecule has 0 aromatic carbocycles. The molecule has 10 heteroatoms. The Morgan fingerprint density at radius 3 is 2.69 bits per heavy atom. The number of anilines is 1. The van der Waals surface area contributed by atoms with E-state index in [4.69, 9.17) is 15.2 Å². The molecule has 0 spiro atoms. The third-order valence-corrected chi connectivity index (χ3v) is 3.13. The molecule has 0 aliphatic heterocycles. The maximum Gasteiger partial charge on any atom is 0.435 e. The van der Waals surface area contributed by atoms with E-state index in [9.17, 15) is 4.79 Å². The van der Waals surface area contributed by atoms with Crippen LogP contribution < -0.4 is 10.5 Å². The lowest BCUT2D eigenvalue weighted by Gasteiger charge is -2.18. The number of rotatable bonds is 3. The maximum absolute atomic E-state index is 12.1. The average Bonchev–Trinajstić information content (AvgIpc) is 3.03. The Balaban J connectivity index is 1.97. The minimum Gasteiger partial charge on any atom is -0.476 e. The largest absolute Gasteiger partial charge is 0.476 e. The Hall–Kier alpha value is -3.30. The topological polar surface area (TPSA) is 131 Å². The van der Waals surface area contributed by atoms with Crippen LogP contribution in [0.4, 0.5) is 10.7 Å². The SMILES string of the molecule is CCOc1nc(N)nc2ncc(-c3cnn(C(=O)OC(C)(C)C)c3)nc12. The second kappa shape index (κ2) is 6.54. The number of ether oxygens (including phenoxy) is 2. The zero-order valence-corrected chi connectivity index (χ0v) is 14.9. The van der Waals surface area contributed by atoms with E-state index >= 15 is 0 Å². The predicted molar refractivity (Wildman–Crippen MR) is 93.6 cm³/mol. The first-order valence-electron chi connectivity index (χ1n) is 7.98. The van der Waals surface area contributed by atoms with Gasteiger partial charge in [-0.05, 0) is 27.7 Å². The summed E-state index contributed by atoms with van der Waals surface area (Å²) in [5, 5.41) is 4.02. The van der Waals surface area contributed by atoms with Gasteiger partial charge in [0.2, 0.25) is 11.8 Å². The van der Waals surface area contributed by atoms with Crippen LogP contribution in [0.15, 0.2) is 18.6 Å². The monoisotopic (exact) mass is 357 g/mol. The third-order valence-electron chi connectivity index (χ3n) is 3.13. The minimum absolute atomic E-state index is 0.0562. The third kappa shape index (κ3) is 3.68. The molecule has 0 aliphatic carbocycles. The van der Waals surface area contributed by atoms with E-state index in [0.717, 1.165) is 4.68 Å². The summed E-state index contributed by atoms with van der Waals surface area (Å²) in [6.07, 6.45) is 3.95. The van der Waals surface area contributed by atoms with E-state index in [1.54, 1.807) is 20.8 Å². The summed E-state index contributed by atoms with van der Waals surface area (Å²) in [6, 6.07) is 0. The van der Waals surface area contributed by atoms with Crippen molar-refractivity contribution in [1.29, 1.82) is 0 Å². The molecule has 3 heterocycles. The van der Waals surface area contributed by atoms with Crippen LogP contribution in [0.25, 0.3) is 22.4 Å². The standard InChI is InChI=1S/C16H19N7O3/c1-5-25-13-11-12(21-14(17)22-13)18-7-10(20-11)9-6-19-23(8-9)15(24)26-16(2,3)4/h6-8H,5H2,1-4H3,(H2,17,18,21,22). The van der Waals surface area contributed by atoms with Gasteiger partial charge in [-0.3, -0.25) is 0 Å². The lowest BCUT2D eigenvalue weighted by atomic mass is 10.2. The minimum atomic E-state index is -0.615. The summed E-state index contributed by atoms with van der Waals surface area (Å²) in [7, 11) is 0. The molecule has 0 atom stereocenters. The summed E-state index contributed by atoms with van der Waals surface area (Å²) in [4.78, 5) is 28.9. The number of aromatic nitrogens is 6.